The molecule has 2 aromatic carbocycles. The zero-order valence-corrected chi connectivity index (χ0v) is 18.3. The van der Waals surface area contributed by atoms with Gasteiger partial charge in [0.15, 0.2) is 11.5 Å². The number of carbonyl (C=O) groups excluding carboxylic acids is 2. The highest BCUT2D eigenvalue weighted by molar-refractivity contribution is 9.10. The summed E-state index contributed by atoms with van der Waals surface area (Å²) in [5, 5.41) is 4.52. The highest BCUT2D eigenvalue weighted by Crippen LogP contribution is 2.33. The number of nitrogens with zero attached hydrogens (tertiary/aromatic N) is 2. The first kappa shape index (κ1) is 20.6. The fourth-order valence-corrected chi connectivity index (χ4v) is 3.43. The second-order valence-corrected chi connectivity index (χ2v) is 7.39. The summed E-state index contributed by atoms with van der Waals surface area (Å²) in [5.41, 5.74) is 1.54. The van der Waals surface area contributed by atoms with E-state index in [4.69, 9.17) is 13.9 Å². The van der Waals surface area contributed by atoms with Crippen molar-refractivity contribution in [2.24, 2.45) is 0 Å². The topological polar surface area (TPSA) is 83.6 Å². The van der Waals surface area contributed by atoms with E-state index in [0.717, 1.165) is 10.0 Å². The van der Waals surface area contributed by atoms with Crippen LogP contribution in [0.15, 0.2) is 75.6 Å². The van der Waals surface area contributed by atoms with E-state index in [1.807, 2.05) is 30.3 Å². The summed E-state index contributed by atoms with van der Waals surface area (Å²) in [5.74, 6) is -0.535. The number of halogens is 1. The molecule has 0 N–H and O–H groups in total. The van der Waals surface area contributed by atoms with Gasteiger partial charge in [-0.05, 0) is 36.4 Å². The number of methoxy groups -OCH3 is 2. The lowest BCUT2D eigenvalue weighted by Gasteiger charge is -2.06. The zero-order valence-electron chi connectivity index (χ0n) is 16.7. The highest BCUT2D eigenvalue weighted by atomic mass is 79.9. The maximum Gasteiger partial charge on any atom is 0.357 e. The van der Waals surface area contributed by atoms with E-state index in [9.17, 15) is 9.59 Å². The van der Waals surface area contributed by atoms with Crippen molar-refractivity contribution >= 4 is 27.9 Å². The molecule has 0 spiro atoms. The lowest BCUT2D eigenvalue weighted by molar-refractivity contribution is 0.0549. The van der Waals surface area contributed by atoms with Crippen molar-refractivity contribution in [3.8, 4) is 28.5 Å². The van der Waals surface area contributed by atoms with Gasteiger partial charge in [0.25, 0.3) is 0 Å². The van der Waals surface area contributed by atoms with Crippen molar-refractivity contribution in [2.75, 3.05) is 14.2 Å². The van der Waals surface area contributed by atoms with E-state index in [1.54, 1.807) is 36.4 Å². The van der Waals surface area contributed by atoms with E-state index >= 15 is 0 Å². The van der Waals surface area contributed by atoms with E-state index < -0.39 is 11.9 Å². The van der Waals surface area contributed by atoms with Gasteiger partial charge in [0, 0.05) is 10.0 Å². The number of hydrogen-bond donors (Lipinski definition) is 0. The van der Waals surface area contributed by atoms with Crippen LogP contribution in [0.1, 0.15) is 20.8 Å². The van der Waals surface area contributed by atoms with Crippen LogP contribution >= 0.6 is 15.9 Å². The first-order valence-corrected chi connectivity index (χ1v) is 10.0. The molecular formula is C23H17BrN2O5. The van der Waals surface area contributed by atoms with Crippen molar-refractivity contribution < 1.29 is 23.5 Å². The molecule has 156 valence electrons. The van der Waals surface area contributed by atoms with Gasteiger partial charge in [-0.2, -0.15) is 5.10 Å². The average Bonchev–Trinajstić information content (AvgIpc) is 3.44. The van der Waals surface area contributed by atoms with Gasteiger partial charge in [-0.25, -0.2) is 14.3 Å². The van der Waals surface area contributed by atoms with Gasteiger partial charge < -0.3 is 13.9 Å². The van der Waals surface area contributed by atoms with Crippen LogP contribution in [0.3, 0.4) is 0 Å². The fourth-order valence-electron chi connectivity index (χ4n) is 3.16. The molecule has 0 unspecified atom stereocenters. The average molecular weight is 481 g/mol. The Morgan fingerprint density at radius 2 is 1.52 bits per heavy atom. The van der Waals surface area contributed by atoms with Crippen LogP contribution in [0.25, 0.3) is 28.5 Å². The molecule has 0 aliphatic rings. The molecule has 0 radical (unpaired) electrons. The Hall–Kier alpha value is -3.65. The van der Waals surface area contributed by atoms with Gasteiger partial charge in [-0.1, -0.05) is 46.3 Å². The second kappa shape index (κ2) is 8.61. The number of rotatable bonds is 5. The van der Waals surface area contributed by atoms with Crippen LogP contribution in [-0.2, 0) is 9.47 Å². The number of para-hydroxylation sites is 1. The number of ether oxygens (including phenoxy) is 2. The zero-order chi connectivity index (χ0) is 22.0. The molecule has 4 aromatic rings. The van der Waals surface area contributed by atoms with Crippen molar-refractivity contribution in [1.29, 1.82) is 0 Å². The summed E-state index contributed by atoms with van der Waals surface area (Å²) >= 11 is 3.41. The van der Waals surface area contributed by atoms with Gasteiger partial charge in [0.05, 0.1) is 19.9 Å². The molecule has 0 aliphatic heterocycles. The van der Waals surface area contributed by atoms with E-state index in [0.29, 0.717) is 17.2 Å². The summed E-state index contributed by atoms with van der Waals surface area (Å²) in [6.45, 7) is 0. The third-order valence-corrected chi connectivity index (χ3v) is 5.15. The third-order valence-electron chi connectivity index (χ3n) is 4.62. The Bertz CT molecular complexity index is 1240. The van der Waals surface area contributed by atoms with E-state index in [-0.39, 0.29) is 17.0 Å². The SMILES string of the molecule is COC(=O)c1c(-c2ccc(-c3ccc(Br)cc3)o2)nn(-c2ccccc2)c1C(=O)OC. The minimum Gasteiger partial charge on any atom is -0.465 e. The summed E-state index contributed by atoms with van der Waals surface area (Å²) in [4.78, 5) is 25.3. The minimum absolute atomic E-state index is 0.0325. The van der Waals surface area contributed by atoms with Gasteiger partial charge in [-0.3, -0.25) is 0 Å². The molecule has 0 saturated heterocycles. The maximum absolute atomic E-state index is 12.7. The summed E-state index contributed by atoms with van der Waals surface area (Å²) < 4.78 is 18.2. The lowest BCUT2D eigenvalue weighted by atomic mass is 10.1. The number of carbonyl (C=O) groups is 2. The first-order chi connectivity index (χ1) is 15.0. The lowest BCUT2D eigenvalue weighted by Crippen LogP contribution is -2.15. The Labute approximate surface area is 186 Å². The molecule has 2 heterocycles. The van der Waals surface area contributed by atoms with Crippen LogP contribution in [-0.4, -0.2) is 35.9 Å². The van der Waals surface area contributed by atoms with Gasteiger partial charge in [-0.15, -0.1) is 0 Å². The largest absolute Gasteiger partial charge is 0.465 e. The van der Waals surface area contributed by atoms with Gasteiger partial charge in [0.2, 0.25) is 0 Å². The molecule has 0 amide bonds. The summed E-state index contributed by atoms with van der Waals surface area (Å²) in [6, 6.07) is 20.0. The van der Waals surface area contributed by atoms with Gasteiger partial charge in [0.1, 0.15) is 17.0 Å². The normalized spacial score (nSPS) is 10.7. The van der Waals surface area contributed by atoms with Crippen LogP contribution < -0.4 is 0 Å². The fraction of sp³-hybridized carbons (Fsp3) is 0.0870. The molecule has 2 aromatic heterocycles. The summed E-state index contributed by atoms with van der Waals surface area (Å²) in [7, 11) is 2.48. The minimum atomic E-state index is -0.723. The highest BCUT2D eigenvalue weighted by Gasteiger charge is 2.32. The van der Waals surface area contributed by atoms with Crippen molar-refractivity contribution in [3.05, 3.63) is 82.5 Å². The molecule has 31 heavy (non-hydrogen) atoms. The van der Waals surface area contributed by atoms with Crippen LogP contribution in [0.4, 0.5) is 0 Å². The predicted molar refractivity (Wildman–Crippen MR) is 117 cm³/mol. The molecule has 0 bridgehead atoms. The molecule has 0 aliphatic carbocycles. The Kier molecular flexibility index (Phi) is 5.73. The van der Waals surface area contributed by atoms with Crippen LogP contribution in [0, 0.1) is 0 Å². The standard InChI is InChI=1S/C23H17BrN2O5/c1-29-22(27)19-20(18-13-12-17(31-18)14-8-10-15(24)11-9-14)25-26(21(19)23(28)30-2)16-6-4-3-5-7-16/h3-13H,1-2H3. The summed E-state index contributed by atoms with van der Waals surface area (Å²) in [6.07, 6.45) is 0. The first-order valence-electron chi connectivity index (χ1n) is 9.24. The Morgan fingerprint density at radius 1 is 0.871 bits per heavy atom. The molecule has 0 fully saturated rings. The maximum atomic E-state index is 12.7. The van der Waals surface area contributed by atoms with E-state index in [1.165, 1.54) is 18.9 Å². The van der Waals surface area contributed by atoms with Crippen LogP contribution in [0.2, 0.25) is 0 Å². The second-order valence-electron chi connectivity index (χ2n) is 6.47. The monoisotopic (exact) mass is 480 g/mol. The third kappa shape index (κ3) is 3.89. The van der Waals surface area contributed by atoms with Crippen molar-refractivity contribution in [1.82, 2.24) is 9.78 Å². The molecule has 8 heteroatoms. The number of furan rings is 1. The predicted octanol–water partition coefficient (Wildman–Crippen LogP) is 5.14. The van der Waals surface area contributed by atoms with Crippen LogP contribution in [0.5, 0.6) is 0 Å². The molecule has 0 saturated carbocycles. The smallest absolute Gasteiger partial charge is 0.357 e. The quantitative estimate of drug-likeness (QED) is 0.368. The number of aromatic nitrogens is 2. The number of benzene rings is 2. The Morgan fingerprint density at radius 3 is 2.16 bits per heavy atom. The molecule has 0 atom stereocenters. The Balaban J connectivity index is 1.92. The number of hydrogen-bond acceptors (Lipinski definition) is 6. The van der Waals surface area contributed by atoms with Crippen molar-refractivity contribution in [3.63, 3.8) is 0 Å². The van der Waals surface area contributed by atoms with E-state index in [2.05, 4.69) is 21.0 Å². The number of esters is 2. The molecule has 7 nitrogen and oxygen atoms in total. The molecular weight excluding hydrogens is 464 g/mol. The molecule has 4 rings (SSSR count). The van der Waals surface area contributed by atoms with Crippen molar-refractivity contribution in [2.45, 2.75) is 0 Å². The van der Waals surface area contributed by atoms with Gasteiger partial charge >= 0.3 is 11.9 Å².